The van der Waals surface area contributed by atoms with Crippen molar-refractivity contribution in [3.8, 4) is 0 Å². The Kier molecular flexibility index (Phi) is 6.62. The summed E-state index contributed by atoms with van der Waals surface area (Å²) in [6, 6.07) is 13.2. The first-order valence-electron chi connectivity index (χ1n) is 12.2. The van der Waals surface area contributed by atoms with E-state index in [1.54, 1.807) is 23.0 Å². The number of rotatable bonds is 6. The number of carbonyl (C=O) groups excluding carboxylic acids is 1. The quantitative estimate of drug-likeness (QED) is 0.340. The van der Waals surface area contributed by atoms with Crippen molar-refractivity contribution >= 4 is 33.7 Å². The molecule has 2 heterocycles. The van der Waals surface area contributed by atoms with Crippen LogP contribution in [0.1, 0.15) is 47.2 Å². The monoisotopic (exact) mass is 509 g/mol. The van der Waals surface area contributed by atoms with Gasteiger partial charge in [0.1, 0.15) is 0 Å². The fraction of sp³-hybridized carbons (Fsp3) is 0.321. The van der Waals surface area contributed by atoms with Crippen molar-refractivity contribution < 1.29 is 27.9 Å². The predicted molar refractivity (Wildman–Crippen MR) is 133 cm³/mol. The van der Waals surface area contributed by atoms with E-state index in [1.807, 2.05) is 30.3 Å². The summed E-state index contributed by atoms with van der Waals surface area (Å²) < 4.78 is 42.7. The number of alkyl halides is 3. The molecule has 2 aromatic heterocycles. The maximum Gasteiger partial charge on any atom is 0.416 e. The van der Waals surface area contributed by atoms with Gasteiger partial charge in [-0.2, -0.15) is 13.2 Å². The molecule has 2 N–H and O–H groups in total. The molecule has 0 unspecified atom stereocenters. The lowest BCUT2D eigenvalue weighted by molar-refractivity contribution is -0.143. The highest BCUT2D eigenvalue weighted by Crippen LogP contribution is 2.34. The van der Waals surface area contributed by atoms with Crippen LogP contribution in [-0.4, -0.2) is 33.1 Å². The van der Waals surface area contributed by atoms with Crippen LogP contribution in [0.25, 0.3) is 21.8 Å². The third-order valence-corrected chi connectivity index (χ3v) is 7.20. The number of hydrogen-bond acceptors (Lipinski definition) is 3. The van der Waals surface area contributed by atoms with Crippen molar-refractivity contribution in [3.63, 3.8) is 0 Å². The van der Waals surface area contributed by atoms with Crippen LogP contribution in [0.15, 0.2) is 60.9 Å². The minimum absolute atomic E-state index is 0.0343. The second-order valence-corrected chi connectivity index (χ2v) is 9.70. The lowest BCUT2D eigenvalue weighted by Crippen LogP contribution is -2.32. The number of carboxylic acid groups (broad SMARTS) is 1. The number of aliphatic carboxylic acids is 1. The van der Waals surface area contributed by atoms with Crippen LogP contribution in [0.3, 0.4) is 0 Å². The minimum Gasteiger partial charge on any atom is -0.481 e. The Balaban J connectivity index is 1.43. The van der Waals surface area contributed by atoms with Crippen LogP contribution in [0.4, 0.5) is 13.2 Å². The van der Waals surface area contributed by atoms with Crippen molar-refractivity contribution in [1.29, 1.82) is 0 Å². The van der Waals surface area contributed by atoms with Gasteiger partial charge in [0.2, 0.25) is 0 Å². The molecule has 37 heavy (non-hydrogen) atoms. The van der Waals surface area contributed by atoms with E-state index in [0.29, 0.717) is 49.7 Å². The topological polar surface area (TPSA) is 84.2 Å². The molecule has 1 fully saturated rings. The Labute approximate surface area is 211 Å². The fourth-order valence-electron chi connectivity index (χ4n) is 5.17. The Morgan fingerprint density at radius 2 is 1.81 bits per heavy atom. The summed E-state index contributed by atoms with van der Waals surface area (Å²) in [6.07, 6.45) is 1.18. The number of nitrogens with zero attached hydrogens (tertiary/aromatic N) is 2. The van der Waals surface area contributed by atoms with Crippen LogP contribution in [0.5, 0.6) is 0 Å². The standard InChI is InChI=1S/C28H26F3N3O3/c29-28(30,31)22-13-21-9-11-34(16-18-5-6-19-2-1-10-32-24(19)12-18)25(21)23(14-22)26(35)33-15-17-3-7-20(8-4-17)27(36)37/h1-2,5-6,9-14,17,20H,3-4,7-8,15-16H2,(H,33,35)(H,36,37). The molecular formula is C28H26F3N3O3. The lowest BCUT2D eigenvalue weighted by atomic mass is 9.82. The van der Waals surface area contributed by atoms with Crippen LogP contribution < -0.4 is 5.32 Å². The number of hydrogen-bond donors (Lipinski definition) is 2. The van der Waals surface area contributed by atoms with Crippen LogP contribution in [0, 0.1) is 11.8 Å². The average Bonchev–Trinajstić information content (AvgIpc) is 3.29. The molecule has 0 aliphatic heterocycles. The van der Waals surface area contributed by atoms with Gasteiger partial charge in [-0.15, -0.1) is 0 Å². The molecule has 1 saturated carbocycles. The number of halogens is 3. The van der Waals surface area contributed by atoms with Crippen LogP contribution >= 0.6 is 0 Å². The van der Waals surface area contributed by atoms with Gasteiger partial charge in [0.15, 0.2) is 0 Å². The second kappa shape index (κ2) is 9.88. The van der Waals surface area contributed by atoms with E-state index >= 15 is 0 Å². The zero-order chi connectivity index (χ0) is 26.2. The van der Waals surface area contributed by atoms with Gasteiger partial charge in [0, 0.05) is 36.3 Å². The molecule has 0 spiro atoms. The van der Waals surface area contributed by atoms with E-state index in [-0.39, 0.29) is 17.4 Å². The minimum atomic E-state index is -4.59. The molecule has 2 aromatic carbocycles. The highest BCUT2D eigenvalue weighted by molar-refractivity contribution is 6.06. The number of pyridine rings is 1. The highest BCUT2D eigenvalue weighted by Gasteiger charge is 2.33. The number of nitrogens with one attached hydrogen (secondary N) is 1. The SMILES string of the molecule is O=C(NCC1CCC(C(=O)O)CC1)c1cc(C(F)(F)F)cc2ccn(Cc3ccc4cccnc4c3)c12. The van der Waals surface area contributed by atoms with Crippen LogP contribution in [0.2, 0.25) is 0 Å². The van der Waals surface area contributed by atoms with E-state index in [2.05, 4.69) is 10.3 Å². The Bertz CT molecular complexity index is 1470. The van der Waals surface area contributed by atoms with Gasteiger partial charge in [-0.25, -0.2) is 0 Å². The van der Waals surface area contributed by atoms with E-state index in [9.17, 15) is 27.9 Å². The fourth-order valence-corrected chi connectivity index (χ4v) is 5.17. The van der Waals surface area contributed by atoms with Gasteiger partial charge in [-0.05, 0) is 67.5 Å². The molecule has 0 bridgehead atoms. The summed E-state index contributed by atoms with van der Waals surface area (Å²) in [5.41, 5.74) is 1.24. The maximum atomic E-state index is 13.6. The molecule has 192 valence electrons. The van der Waals surface area contributed by atoms with Gasteiger partial charge in [0.05, 0.1) is 28.1 Å². The average molecular weight is 510 g/mol. The summed E-state index contributed by atoms with van der Waals surface area (Å²) in [4.78, 5) is 28.8. The van der Waals surface area contributed by atoms with E-state index in [1.165, 1.54) is 0 Å². The predicted octanol–water partition coefficient (Wildman–Crippen LogP) is 5.88. The number of aromatic nitrogens is 2. The number of carbonyl (C=O) groups is 2. The summed E-state index contributed by atoms with van der Waals surface area (Å²) in [6.45, 7) is 0.654. The van der Waals surface area contributed by atoms with Gasteiger partial charge in [-0.1, -0.05) is 18.2 Å². The third-order valence-electron chi connectivity index (χ3n) is 7.20. The van der Waals surface area contributed by atoms with Crippen molar-refractivity contribution in [2.24, 2.45) is 11.8 Å². The molecule has 6 nitrogen and oxygen atoms in total. The van der Waals surface area contributed by atoms with Crippen molar-refractivity contribution in [2.45, 2.75) is 38.4 Å². The van der Waals surface area contributed by atoms with Crippen molar-refractivity contribution in [3.05, 3.63) is 77.6 Å². The van der Waals surface area contributed by atoms with Gasteiger partial charge < -0.3 is 15.0 Å². The molecule has 1 amide bonds. The Hall–Kier alpha value is -3.88. The van der Waals surface area contributed by atoms with Crippen molar-refractivity contribution in [1.82, 2.24) is 14.9 Å². The number of amides is 1. The molecular weight excluding hydrogens is 483 g/mol. The zero-order valence-electron chi connectivity index (χ0n) is 20.0. The van der Waals surface area contributed by atoms with E-state index in [4.69, 9.17) is 0 Å². The largest absolute Gasteiger partial charge is 0.481 e. The molecule has 4 aromatic rings. The number of fused-ring (bicyclic) bond motifs is 2. The summed E-state index contributed by atoms with van der Waals surface area (Å²) >= 11 is 0. The lowest BCUT2D eigenvalue weighted by Gasteiger charge is -2.26. The molecule has 0 atom stereocenters. The first kappa shape index (κ1) is 24.8. The summed E-state index contributed by atoms with van der Waals surface area (Å²) in [5, 5.41) is 13.3. The van der Waals surface area contributed by atoms with E-state index in [0.717, 1.165) is 28.6 Å². The summed E-state index contributed by atoms with van der Waals surface area (Å²) in [7, 11) is 0. The first-order chi connectivity index (χ1) is 17.7. The third kappa shape index (κ3) is 5.30. The normalized spacial score (nSPS) is 18.2. The van der Waals surface area contributed by atoms with Crippen LogP contribution in [-0.2, 0) is 17.5 Å². The summed E-state index contributed by atoms with van der Waals surface area (Å²) in [5.74, 6) is -1.66. The van der Waals surface area contributed by atoms with Gasteiger partial charge in [-0.3, -0.25) is 14.6 Å². The first-order valence-corrected chi connectivity index (χ1v) is 12.2. The molecule has 0 radical (unpaired) electrons. The van der Waals surface area contributed by atoms with E-state index < -0.39 is 23.6 Å². The molecule has 9 heteroatoms. The molecule has 1 aliphatic carbocycles. The molecule has 1 aliphatic rings. The number of carboxylic acids is 1. The second-order valence-electron chi connectivity index (χ2n) is 9.70. The maximum absolute atomic E-state index is 13.6. The smallest absolute Gasteiger partial charge is 0.416 e. The highest BCUT2D eigenvalue weighted by atomic mass is 19.4. The van der Waals surface area contributed by atoms with Gasteiger partial charge >= 0.3 is 12.1 Å². The van der Waals surface area contributed by atoms with Crippen molar-refractivity contribution in [2.75, 3.05) is 6.54 Å². The molecule has 0 saturated heterocycles. The molecule has 5 rings (SSSR count). The van der Waals surface area contributed by atoms with Gasteiger partial charge in [0.25, 0.3) is 5.91 Å². The Morgan fingerprint density at radius 3 is 2.54 bits per heavy atom. The zero-order valence-corrected chi connectivity index (χ0v) is 20.0. The number of benzene rings is 2. The Morgan fingerprint density at radius 1 is 1.03 bits per heavy atom.